The molecule has 5 N–H and O–H groups in total. The van der Waals surface area contributed by atoms with E-state index in [0.29, 0.717) is 0 Å². The normalized spacial score (nSPS) is 11.2. The summed E-state index contributed by atoms with van der Waals surface area (Å²) in [5.41, 5.74) is 5.29. The van der Waals surface area contributed by atoms with Gasteiger partial charge in [0.15, 0.2) is 0 Å². The van der Waals surface area contributed by atoms with Crippen molar-refractivity contribution < 1.29 is 4.74 Å². The van der Waals surface area contributed by atoms with Crippen molar-refractivity contribution in [3.8, 4) is 0 Å². The number of hydrogen-bond acceptors (Lipinski definition) is 3. The highest BCUT2D eigenvalue weighted by molar-refractivity contribution is 4.52. The lowest BCUT2D eigenvalue weighted by Gasteiger charge is -2.05. The van der Waals surface area contributed by atoms with Gasteiger partial charge in [-0.25, -0.2) is 0 Å². The second-order valence-electron chi connectivity index (χ2n) is 1.25. The Labute approximate surface area is 50.1 Å². The highest BCUT2D eigenvalue weighted by atomic mass is 16.5. The molecule has 0 fully saturated rings. The summed E-state index contributed by atoms with van der Waals surface area (Å²) in [4.78, 5) is 0. The van der Waals surface area contributed by atoms with Crippen molar-refractivity contribution in [2.45, 2.75) is 19.6 Å². The minimum Gasteiger partial charge on any atom is -0.484 e. The monoisotopic (exact) mass is 118 g/mol. The summed E-state index contributed by atoms with van der Waals surface area (Å²) in [6, 6.07) is 0. The predicted molar refractivity (Wildman–Crippen MR) is 34.6 cm³/mol. The van der Waals surface area contributed by atoms with E-state index in [4.69, 9.17) is 10.5 Å². The van der Waals surface area contributed by atoms with E-state index in [1.807, 2.05) is 6.92 Å². The van der Waals surface area contributed by atoms with E-state index in [2.05, 4.69) is 6.58 Å². The van der Waals surface area contributed by atoms with E-state index in [1.165, 1.54) is 6.26 Å². The van der Waals surface area contributed by atoms with Gasteiger partial charge in [0.25, 0.3) is 0 Å². The Morgan fingerprint density at radius 3 is 2.50 bits per heavy atom. The van der Waals surface area contributed by atoms with Crippen LogP contribution in [0.2, 0.25) is 0 Å². The van der Waals surface area contributed by atoms with Crippen molar-refractivity contribution in [3.05, 3.63) is 12.8 Å². The summed E-state index contributed by atoms with van der Waals surface area (Å²) in [5.74, 6) is 0. The van der Waals surface area contributed by atoms with Gasteiger partial charge in [0, 0.05) is 0 Å². The second-order valence-corrected chi connectivity index (χ2v) is 1.25. The fourth-order valence-electron chi connectivity index (χ4n) is 0.220. The first-order valence-electron chi connectivity index (χ1n) is 2.33. The zero-order valence-electron chi connectivity index (χ0n) is 5.26. The fraction of sp³-hybridized carbons (Fsp3) is 0.600. The van der Waals surface area contributed by atoms with Gasteiger partial charge in [-0.1, -0.05) is 13.5 Å². The third kappa shape index (κ3) is 5.46. The third-order valence-corrected chi connectivity index (χ3v) is 0.673. The lowest BCUT2D eigenvalue weighted by molar-refractivity contribution is 0.148. The van der Waals surface area contributed by atoms with Gasteiger partial charge in [-0.2, -0.15) is 0 Å². The second kappa shape index (κ2) is 6.46. The molecule has 0 saturated carbocycles. The maximum atomic E-state index is 5.29. The third-order valence-electron chi connectivity index (χ3n) is 0.673. The molecule has 0 aliphatic heterocycles. The molecular formula is C5H14N2O. The zero-order chi connectivity index (χ0) is 5.70. The minimum absolute atomic E-state index is 0. The number of nitrogens with two attached hydrogens (primary N) is 1. The molecule has 0 aliphatic carbocycles. The van der Waals surface area contributed by atoms with Crippen molar-refractivity contribution in [1.82, 2.24) is 6.15 Å². The summed E-state index contributed by atoms with van der Waals surface area (Å²) < 4.78 is 4.73. The quantitative estimate of drug-likeness (QED) is 0.429. The molecule has 0 aromatic heterocycles. The molecule has 1 atom stereocenters. The molecule has 50 valence electrons. The van der Waals surface area contributed by atoms with Gasteiger partial charge in [0.1, 0.15) is 6.23 Å². The van der Waals surface area contributed by atoms with Gasteiger partial charge >= 0.3 is 0 Å². The molecule has 3 heteroatoms. The van der Waals surface area contributed by atoms with E-state index in [9.17, 15) is 0 Å². The first kappa shape index (κ1) is 10.4. The number of rotatable bonds is 3. The molecule has 3 nitrogen and oxygen atoms in total. The maximum Gasteiger partial charge on any atom is 0.146 e. The van der Waals surface area contributed by atoms with Crippen molar-refractivity contribution in [1.29, 1.82) is 0 Å². The van der Waals surface area contributed by atoms with Crippen LogP contribution in [0.3, 0.4) is 0 Å². The molecule has 0 rings (SSSR count). The van der Waals surface area contributed by atoms with Crippen LogP contribution in [-0.4, -0.2) is 6.23 Å². The highest BCUT2D eigenvalue weighted by Crippen LogP contribution is 1.86. The molecule has 0 amide bonds. The summed E-state index contributed by atoms with van der Waals surface area (Å²) in [6.45, 7) is 5.30. The SMILES string of the molecule is C=COC(N)CC.N. The molecule has 0 saturated heterocycles. The Morgan fingerprint density at radius 2 is 2.38 bits per heavy atom. The van der Waals surface area contributed by atoms with Crippen LogP contribution in [0.1, 0.15) is 13.3 Å². The molecule has 0 spiro atoms. The first-order valence-corrected chi connectivity index (χ1v) is 2.33. The largest absolute Gasteiger partial charge is 0.484 e. The van der Waals surface area contributed by atoms with Crippen LogP contribution in [0.15, 0.2) is 12.8 Å². The molecule has 0 radical (unpaired) electrons. The topological polar surface area (TPSA) is 70.2 Å². The molecule has 0 aliphatic rings. The molecule has 0 bridgehead atoms. The Hall–Kier alpha value is -0.540. The Kier molecular flexibility index (Phi) is 8.43. The van der Waals surface area contributed by atoms with E-state index in [1.54, 1.807) is 0 Å². The van der Waals surface area contributed by atoms with Crippen LogP contribution >= 0.6 is 0 Å². The van der Waals surface area contributed by atoms with E-state index < -0.39 is 0 Å². The fourth-order valence-corrected chi connectivity index (χ4v) is 0.220. The molecular weight excluding hydrogens is 104 g/mol. The Balaban J connectivity index is 0. The lowest BCUT2D eigenvalue weighted by Crippen LogP contribution is -2.19. The first-order chi connectivity index (χ1) is 3.31. The van der Waals surface area contributed by atoms with Crippen LogP contribution in [-0.2, 0) is 4.74 Å². The van der Waals surface area contributed by atoms with E-state index in [0.717, 1.165) is 6.42 Å². The Morgan fingerprint density at radius 1 is 1.88 bits per heavy atom. The van der Waals surface area contributed by atoms with Gasteiger partial charge in [-0.05, 0) is 6.42 Å². The van der Waals surface area contributed by atoms with Crippen molar-refractivity contribution >= 4 is 0 Å². The van der Waals surface area contributed by atoms with Crippen LogP contribution in [0.5, 0.6) is 0 Å². The molecule has 1 unspecified atom stereocenters. The summed E-state index contributed by atoms with van der Waals surface area (Å²) in [5, 5.41) is 0. The van der Waals surface area contributed by atoms with E-state index in [-0.39, 0.29) is 12.4 Å². The maximum absolute atomic E-state index is 5.29. The summed E-state index contributed by atoms with van der Waals surface area (Å²) in [6.07, 6.45) is 2.01. The van der Waals surface area contributed by atoms with Gasteiger partial charge in [0.05, 0.1) is 6.26 Å². The van der Waals surface area contributed by atoms with Crippen LogP contribution in [0, 0.1) is 0 Å². The van der Waals surface area contributed by atoms with E-state index >= 15 is 0 Å². The summed E-state index contributed by atoms with van der Waals surface area (Å²) >= 11 is 0. The standard InChI is InChI=1S/C5H11NO.H3N/c1-3-5(6)7-4-2;/h4-5H,2-3,6H2,1H3;1H3. The average Bonchev–Trinajstić information content (AvgIpc) is 1.68. The lowest BCUT2D eigenvalue weighted by atomic mass is 10.4. The van der Waals surface area contributed by atoms with Gasteiger partial charge in [0.2, 0.25) is 0 Å². The van der Waals surface area contributed by atoms with Gasteiger partial charge in [-0.15, -0.1) is 0 Å². The van der Waals surface area contributed by atoms with Crippen LogP contribution in [0.4, 0.5) is 0 Å². The number of hydrogen-bond donors (Lipinski definition) is 2. The van der Waals surface area contributed by atoms with Crippen LogP contribution < -0.4 is 11.9 Å². The molecule has 0 aromatic carbocycles. The smallest absolute Gasteiger partial charge is 0.146 e. The number of ether oxygens (including phenoxy) is 1. The molecule has 8 heavy (non-hydrogen) atoms. The highest BCUT2D eigenvalue weighted by Gasteiger charge is 1.90. The van der Waals surface area contributed by atoms with Crippen molar-refractivity contribution in [2.75, 3.05) is 0 Å². The van der Waals surface area contributed by atoms with Gasteiger partial charge < -0.3 is 10.9 Å². The average molecular weight is 118 g/mol. The minimum atomic E-state index is -0.169. The van der Waals surface area contributed by atoms with Crippen LogP contribution in [0.25, 0.3) is 0 Å². The van der Waals surface area contributed by atoms with Crippen molar-refractivity contribution in [3.63, 3.8) is 0 Å². The molecule has 0 aromatic rings. The summed E-state index contributed by atoms with van der Waals surface area (Å²) in [7, 11) is 0. The predicted octanol–water partition coefficient (Wildman–Crippen LogP) is 1.00. The van der Waals surface area contributed by atoms with Gasteiger partial charge in [-0.3, -0.25) is 5.73 Å². The van der Waals surface area contributed by atoms with Crippen molar-refractivity contribution in [2.24, 2.45) is 5.73 Å². The Bertz CT molecular complexity index is 56.4. The zero-order valence-corrected chi connectivity index (χ0v) is 5.26. The molecule has 0 heterocycles.